The Hall–Kier alpha value is -2.55. The van der Waals surface area contributed by atoms with Gasteiger partial charge in [0.05, 0.1) is 6.33 Å². The minimum atomic E-state index is 0.789. The highest BCUT2D eigenvalue weighted by Gasteiger charge is 2.21. The van der Waals surface area contributed by atoms with Crippen molar-refractivity contribution >= 4 is 13.4 Å². The molecule has 114 valence electrons. The third kappa shape index (κ3) is 4.23. The van der Waals surface area contributed by atoms with Gasteiger partial charge >= 0.3 is 0 Å². The van der Waals surface area contributed by atoms with E-state index in [4.69, 9.17) is 0 Å². The molecule has 4 rings (SSSR count). The molecule has 0 amide bonds. The van der Waals surface area contributed by atoms with Crippen LogP contribution in [-0.4, -0.2) is 17.4 Å². The van der Waals surface area contributed by atoms with Crippen LogP contribution in [-0.2, 0) is 0 Å². The molecule has 0 atom stereocenters. The molecule has 0 radical (unpaired) electrons. The van der Waals surface area contributed by atoms with Gasteiger partial charge in [0, 0.05) is 18.4 Å². The molecule has 1 saturated carbocycles. The van der Waals surface area contributed by atoms with Crippen molar-refractivity contribution in [2.24, 2.45) is 0 Å². The summed E-state index contributed by atoms with van der Waals surface area (Å²) in [6, 6.07) is 21.7. The van der Waals surface area contributed by atoms with E-state index in [2.05, 4.69) is 71.9 Å². The van der Waals surface area contributed by atoms with Crippen LogP contribution in [0.2, 0.25) is 0 Å². The fraction of sp³-hybridized carbons (Fsp3) is 0.150. The van der Waals surface area contributed by atoms with Gasteiger partial charge in [0.25, 0.3) is 0 Å². The van der Waals surface area contributed by atoms with E-state index >= 15 is 0 Å². The van der Waals surface area contributed by atoms with Crippen molar-refractivity contribution in [3.63, 3.8) is 0 Å². The lowest BCUT2D eigenvalue weighted by atomic mass is 9.92. The van der Waals surface area contributed by atoms with Crippen molar-refractivity contribution in [3.8, 4) is 0 Å². The Bertz CT molecular complexity index is 688. The summed E-state index contributed by atoms with van der Waals surface area (Å²) in [6.07, 6.45) is 8.43. The van der Waals surface area contributed by atoms with Crippen LogP contribution in [0, 0.1) is 0 Å². The molecule has 1 aliphatic carbocycles. The number of hydrogen-bond acceptors (Lipinski definition) is 1. The van der Waals surface area contributed by atoms with Crippen LogP contribution in [0.15, 0.2) is 85.4 Å². The molecule has 0 bridgehead atoms. The molecule has 3 heteroatoms. The molecule has 2 nitrogen and oxygen atoms in total. The molecule has 0 unspecified atom stereocenters. The SMILES string of the molecule is BC=C(c1ccccc1)c1ccccc1.c1cn(C2CC2)cn1. The average Bonchev–Trinajstić information content (AvgIpc) is 3.33. The fourth-order valence-electron chi connectivity index (χ4n) is 2.59. The van der Waals surface area contributed by atoms with Gasteiger partial charge in [-0.2, -0.15) is 0 Å². The van der Waals surface area contributed by atoms with E-state index in [-0.39, 0.29) is 0 Å². The Balaban J connectivity index is 0.000000162. The standard InChI is InChI=1S/C14H13B.C6H8N2/c15-11-14(12-7-3-1-4-8-12)13-9-5-2-6-10-13;1-2-6(1)8-4-3-7-5-8/h1-11H,15H2;3-6H,1-2H2. The molecule has 1 fully saturated rings. The number of rotatable bonds is 3. The molecule has 3 aromatic rings. The van der Waals surface area contributed by atoms with Crippen LogP contribution in [0.1, 0.15) is 30.0 Å². The van der Waals surface area contributed by atoms with Gasteiger partial charge in [0.15, 0.2) is 0 Å². The summed E-state index contributed by atoms with van der Waals surface area (Å²) < 4.78 is 2.17. The van der Waals surface area contributed by atoms with Crippen LogP contribution >= 0.6 is 0 Å². The Morgan fingerprint density at radius 2 is 1.52 bits per heavy atom. The summed E-state index contributed by atoms with van der Waals surface area (Å²) in [7, 11) is 2.08. The maximum atomic E-state index is 3.95. The summed E-state index contributed by atoms with van der Waals surface area (Å²) in [5, 5.41) is 0. The van der Waals surface area contributed by atoms with Gasteiger partial charge in [0.1, 0.15) is 7.85 Å². The van der Waals surface area contributed by atoms with E-state index in [1.807, 2.05) is 30.9 Å². The van der Waals surface area contributed by atoms with Gasteiger partial charge in [-0.3, -0.25) is 0 Å². The monoisotopic (exact) mass is 300 g/mol. The minimum Gasteiger partial charge on any atom is -0.334 e. The normalized spacial score (nSPS) is 12.9. The largest absolute Gasteiger partial charge is 0.334 e. The Morgan fingerprint density at radius 3 is 1.91 bits per heavy atom. The zero-order valence-electron chi connectivity index (χ0n) is 13.5. The van der Waals surface area contributed by atoms with Crippen molar-refractivity contribution in [2.75, 3.05) is 0 Å². The number of benzene rings is 2. The van der Waals surface area contributed by atoms with E-state index in [0.717, 1.165) is 6.04 Å². The molecule has 0 N–H and O–H groups in total. The first-order valence-electron chi connectivity index (χ1n) is 8.13. The summed E-state index contributed by atoms with van der Waals surface area (Å²) in [6.45, 7) is 0. The first-order chi connectivity index (χ1) is 11.4. The molecular formula is C20H21BN2. The minimum absolute atomic E-state index is 0.789. The van der Waals surface area contributed by atoms with E-state index < -0.39 is 0 Å². The number of nitrogens with zero attached hydrogens (tertiary/aromatic N) is 2. The second-order valence-electron chi connectivity index (χ2n) is 5.68. The summed E-state index contributed by atoms with van der Waals surface area (Å²) >= 11 is 0. The predicted octanol–water partition coefficient (Wildman–Crippen LogP) is 3.93. The first kappa shape index (κ1) is 15.4. The molecule has 1 heterocycles. The smallest absolute Gasteiger partial charge is 0.130 e. The molecule has 2 aromatic carbocycles. The van der Waals surface area contributed by atoms with Crippen molar-refractivity contribution in [3.05, 3.63) is 96.5 Å². The maximum absolute atomic E-state index is 3.95. The summed E-state index contributed by atoms with van der Waals surface area (Å²) in [4.78, 5) is 3.95. The molecule has 0 saturated heterocycles. The Labute approximate surface area is 138 Å². The quantitative estimate of drug-likeness (QED) is 0.670. The van der Waals surface area contributed by atoms with Gasteiger partial charge in [-0.05, 0) is 29.5 Å². The van der Waals surface area contributed by atoms with Gasteiger partial charge in [-0.25, -0.2) is 4.98 Å². The van der Waals surface area contributed by atoms with E-state index in [1.54, 1.807) is 0 Å². The number of hydrogen-bond donors (Lipinski definition) is 0. The Kier molecular flexibility index (Phi) is 5.10. The molecule has 1 aromatic heterocycles. The molecule has 0 aliphatic heterocycles. The lowest BCUT2D eigenvalue weighted by Gasteiger charge is -2.07. The van der Waals surface area contributed by atoms with Crippen molar-refractivity contribution in [1.29, 1.82) is 0 Å². The second-order valence-corrected chi connectivity index (χ2v) is 5.68. The molecule has 23 heavy (non-hydrogen) atoms. The highest BCUT2D eigenvalue weighted by molar-refractivity contribution is 6.21. The summed E-state index contributed by atoms with van der Waals surface area (Å²) in [5.41, 5.74) is 3.83. The van der Waals surface area contributed by atoms with Gasteiger partial charge in [-0.1, -0.05) is 60.7 Å². The average molecular weight is 300 g/mol. The van der Waals surface area contributed by atoms with Crippen LogP contribution < -0.4 is 0 Å². The van der Waals surface area contributed by atoms with E-state index in [1.165, 1.54) is 29.5 Å². The number of imidazole rings is 1. The highest BCUT2D eigenvalue weighted by atomic mass is 15.1. The van der Waals surface area contributed by atoms with Crippen LogP contribution in [0.5, 0.6) is 0 Å². The lowest BCUT2D eigenvalue weighted by Crippen LogP contribution is -1.87. The molecule has 1 aliphatic rings. The zero-order valence-corrected chi connectivity index (χ0v) is 13.5. The van der Waals surface area contributed by atoms with Crippen LogP contribution in [0.25, 0.3) is 5.57 Å². The predicted molar refractivity (Wildman–Crippen MR) is 99.0 cm³/mol. The van der Waals surface area contributed by atoms with E-state index in [0.29, 0.717) is 0 Å². The topological polar surface area (TPSA) is 17.8 Å². The van der Waals surface area contributed by atoms with Gasteiger partial charge in [-0.15, -0.1) is 5.98 Å². The van der Waals surface area contributed by atoms with Gasteiger partial charge in [0.2, 0.25) is 0 Å². The Morgan fingerprint density at radius 1 is 0.957 bits per heavy atom. The molecular weight excluding hydrogens is 279 g/mol. The van der Waals surface area contributed by atoms with Gasteiger partial charge < -0.3 is 4.57 Å². The highest BCUT2D eigenvalue weighted by Crippen LogP contribution is 2.33. The zero-order chi connectivity index (χ0) is 15.9. The first-order valence-corrected chi connectivity index (χ1v) is 8.13. The fourth-order valence-corrected chi connectivity index (χ4v) is 2.59. The van der Waals surface area contributed by atoms with E-state index in [9.17, 15) is 0 Å². The second kappa shape index (κ2) is 7.64. The number of aromatic nitrogens is 2. The summed E-state index contributed by atoms with van der Waals surface area (Å²) in [5.74, 6) is 2.16. The van der Waals surface area contributed by atoms with Crippen LogP contribution in [0.3, 0.4) is 0 Å². The van der Waals surface area contributed by atoms with Crippen molar-refractivity contribution in [2.45, 2.75) is 18.9 Å². The van der Waals surface area contributed by atoms with Crippen LogP contribution in [0.4, 0.5) is 0 Å². The third-order valence-corrected chi connectivity index (χ3v) is 3.95. The van der Waals surface area contributed by atoms with Crippen molar-refractivity contribution < 1.29 is 0 Å². The maximum Gasteiger partial charge on any atom is 0.130 e. The third-order valence-electron chi connectivity index (χ3n) is 3.95. The molecule has 0 spiro atoms. The lowest BCUT2D eigenvalue weighted by molar-refractivity contribution is 0.740. The van der Waals surface area contributed by atoms with Crippen molar-refractivity contribution in [1.82, 2.24) is 9.55 Å².